The first kappa shape index (κ1) is 23.1. The van der Waals surface area contributed by atoms with E-state index in [0.717, 1.165) is 0 Å². The standard InChI is InChI=1S/C17H17F3N4O4S.C2H6/c1-24-6-13-16(28-7-8-4-21-5-12(8)23-29(13,26)27)15(24)17(25)22-9-2-10(18)14(20)11(19)3-9;1-2/h2-3,6,8,12,21,23H,4-5,7H2,1H3,(H,22,25);1-2H3. The van der Waals surface area contributed by atoms with Crippen LogP contribution in [0.15, 0.2) is 23.2 Å². The molecule has 31 heavy (non-hydrogen) atoms. The smallest absolute Gasteiger partial charge is 0.276 e. The zero-order valence-corrected chi connectivity index (χ0v) is 17.9. The number of ether oxygens (including phenoxy) is 1. The Morgan fingerprint density at radius 2 is 1.84 bits per heavy atom. The summed E-state index contributed by atoms with van der Waals surface area (Å²) in [5.74, 6) is -5.75. The second-order valence-corrected chi connectivity index (χ2v) is 8.63. The summed E-state index contributed by atoms with van der Waals surface area (Å²) < 4.78 is 75.0. The van der Waals surface area contributed by atoms with Crippen molar-refractivity contribution in [2.45, 2.75) is 24.8 Å². The summed E-state index contributed by atoms with van der Waals surface area (Å²) in [6.45, 7) is 5.17. The second-order valence-electron chi connectivity index (χ2n) is 6.95. The number of amides is 1. The molecule has 2 aromatic rings. The fourth-order valence-electron chi connectivity index (χ4n) is 3.49. The molecule has 8 nitrogen and oxygen atoms in total. The van der Waals surface area contributed by atoms with Gasteiger partial charge in [0.2, 0.25) is 10.0 Å². The molecule has 12 heteroatoms. The molecular weight excluding hydrogens is 437 g/mol. The van der Waals surface area contributed by atoms with E-state index in [0.29, 0.717) is 25.2 Å². The van der Waals surface area contributed by atoms with Gasteiger partial charge in [0.05, 0.1) is 6.61 Å². The minimum absolute atomic E-state index is 0.130. The van der Waals surface area contributed by atoms with Crippen LogP contribution in [0.4, 0.5) is 18.9 Å². The van der Waals surface area contributed by atoms with Gasteiger partial charge in [0.15, 0.2) is 28.9 Å². The largest absolute Gasteiger partial charge is 0.489 e. The highest BCUT2D eigenvalue weighted by atomic mass is 32.2. The number of hydrogen-bond donors (Lipinski definition) is 3. The predicted octanol–water partition coefficient (Wildman–Crippen LogP) is 1.98. The van der Waals surface area contributed by atoms with E-state index in [1.807, 2.05) is 13.8 Å². The average Bonchev–Trinajstić information content (AvgIpc) is 3.28. The maximum Gasteiger partial charge on any atom is 0.276 e. The van der Waals surface area contributed by atoms with Crippen molar-refractivity contribution < 1.29 is 31.1 Å². The molecule has 0 aliphatic carbocycles. The molecule has 4 rings (SSSR count). The highest BCUT2D eigenvalue weighted by Crippen LogP contribution is 2.34. The summed E-state index contributed by atoms with van der Waals surface area (Å²) in [5.41, 5.74) is -0.479. The van der Waals surface area contributed by atoms with E-state index in [4.69, 9.17) is 4.74 Å². The Hall–Kier alpha value is -2.57. The summed E-state index contributed by atoms with van der Waals surface area (Å²) >= 11 is 0. The molecular formula is C19H23F3N4O4S. The van der Waals surface area contributed by atoms with Crippen LogP contribution < -0.4 is 20.1 Å². The number of fused-ring (bicyclic) bond motifs is 2. The molecule has 0 bridgehead atoms. The SMILES string of the molecule is CC.Cn1cc2c(c1C(=O)Nc1cc(F)c(F)c(F)c1)OCC1CNCC1NS2(=O)=O. The van der Waals surface area contributed by atoms with Crippen molar-refractivity contribution in [1.29, 1.82) is 0 Å². The Morgan fingerprint density at radius 1 is 1.19 bits per heavy atom. The zero-order chi connectivity index (χ0) is 22.9. The monoisotopic (exact) mass is 460 g/mol. The molecule has 0 spiro atoms. The molecule has 2 aliphatic heterocycles. The lowest BCUT2D eigenvalue weighted by Gasteiger charge is -2.24. The Morgan fingerprint density at radius 3 is 2.48 bits per heavy atom. The number of aryl methyl sites for hydroxylation is 1. The van der Waals surface area contributed by atoms with Gasteiger partial charge in [0.1, 0.15) is 4.90 Å². The molecule has 0 radical (unpaired) electrons. The molecule has 2 aliphatic rings. The Kier molecular flexibility index (Phi) is 6.62. The third-order valence-corrected chi connectivity index (χ3v) is 6.42. The molecule has 2 atom stereocenters. The van der Waals surface area contributed by atoms with Crippen molar-refractivity contribution >= 4 is 21.6 Å². The summed E-state index contributed by atoms with van der Waals surface area (Å²) in [5, 5.41) is 5.32. The van der Waals surface area contributed by atoms with Crippen LogP contribution in [0.2, 0.25) is 0 Å². The van der Waals surface area contributed by atoms with Crippen molar-refractivity contribution in [1.82, 2.24) is 14.6 Å². The van der Waals surface area contributed by atoms with Crippen LogP contribution in [0.5, 0.6) is 5.75 Å². The highest BCUT2D eigenvalue weighted by molar-refractivity contribution is 7.89. The van der Waals surface area contributed by atoms with Crippen LogP contribution in [0.3, 0.4) is 0 Å². The van der Waals surface area contributed by atoms with E-state index in [1.165, 1.54) is 17.8 Å². The van der Waals surface area contributed by atoms with Crippen molar-refractivity contribution in [3.05, 3.63) is 41.5 Å². The number of carbonyl (C=O) groups excluding carboxylic acids is 1. The van der Waals surface area contributed by atoms with Crippen LogP contribution in [0, 0.1) is 23.4 Å². The van der Waals surface area contributed by atoms with Crippen LogP contribution in [0.25, 0.3) is 0 Å². The molecule has 170 valence electrons. The maximum atomic E-state index is 13.4. The van der Waals surface area contributed by atoms with Gasteiger partial charge in [-0.05, 0) is 0 Å². The number of nitrogens with zero attached hydrogens (tertiary/aromatic N) is 1. The van der Waals surface area contributed by atoms with E-state index in [9.17, 15) is 26.4 Å². The highest BCUT2D eigenvalue weighted by Gasteiger charge is 2.38. The molecule has 2 unspecified atom stereocenters. The van der Waals surface area contributed by atoms with Crippen molar-refractivity contribution in [3.63, 3.8) is 0 Å². The molecule has 0 saturated carbocycles. The van der Waals surface area contributed by atoms with E-state index < -0.39 is 33.4 Å². The van der Waals surface area contributed by atoms with Gasteiger partial charge in [-0.2, -0.15) is 0 Å². The van der Waals surface area contributed by atoms with Crippen LogP contribution >= 0.6 is 0 Å². The fourth-order valence-corrected chi connectivity index (χ4v) is 4.99. The Bertz CT molecular complexity index is 1080. The summed E-state index contributed by atoms with van der Waals surface area (Å²) in [4.78, 5) is 12.5. The number of rotatable bonds is 2. The Balaban J connectivity index is 0.00000132. The fraction of sp³-hybridized carbons (Fsp3) is 0.421. The molecule has 1 aromatic heterocycles. The number of aromatic nitrogens is 1. The van der Waals surface area contributed by atoms with Crippen LogP contribution in [0.1, 0.15) is 24.3 Å². The first-order valence-electron chi connectivity index (χ1n) is 9.68. The molecule has 1 aromatic carbocycles. The number of benzene rings is 1. The van der Waals surface area contributed by atoms with Crippen molar-refractivity contribution in [2.24, 2.45) is 13.0 Å². The lowest BCUT2D eigenvalue weighted by atomic mass is 10.1. The second kappa shape index (κ2) is 8.89. The Labute approximate surface area is 177 Å². The lowest BCUT2D eigenvalue weighted by molar-refractivity contribution is 0.101. The number of halogens is 3. The number of sulfonamides is 1. The first-order chi connectivity index (χ1) is 14.7. The van der Waals surface area contributed by atoms with E-state index in [-0.39, 0.29) is 40.6 Å². The van der Waals surface area contributed by atoms with Gasteiger partial charge in [0, 0.05) is 56.1 Å². The molecule has 1 amide bonds. The van der Waals surface area contributed by atoms with Crippen LogP contribution in [-0.4, -0.2) is 44.6 Å². The van der Waals surface area contributed by atoms with E-state index in [2.05, 4.69) is 15.4 Å². The lowest BCUT2D eigenvalue weighted by Crippen LogP contribution is -2.43. The quantitative estimate of drug-likeness (QED) is 0.595. The molecule has 3 heterocycles. The van der Waals surface area contributed by atoms with E-state index >= 15 is 0 Å². The predicted molar refractivity (Wildman–Crippen MR) is 107 cm³/mol. The van der Waals surface area contributed by atoms with Crippen molar-refractivity contribution in [2.75, 3.05) is 25.0 Å². The van der Waals surface area contributed by atoms with Gasteiger partial charge >= 0.3 is 0 Å². The van der Waals surface area contributed by atoms with Gasteiger partial charge in [-0.3, -0.25) is 4.79 Å². The summed E-state index contributed by atoms with van der Waals surface area (Å²) in [6.07, 6.45) is 1.22. The molecule has 1 saturated heterocycles. The first-order valence-corrected chi connectivity index (χ1v) is 11.2. The third-order valence-electron chi connectivity index (χ3n) is 4.94. The number of hydrogen-bond acceptors (Lipinski definition) is 5. The topological polar surface area (TPSA) is 101 Å². The van der Waals surface area contributed by atoms with Gasteiger partial charge in [-0.1, -0.05) is 13.8 Å². The minimum Gasteiger partial charge on any atom is -0.489 e. The van der Waals surface area contributed by atoms with Crippen molar-refractivity contribution in [3.8, 4) is 5.75 Å². The van der Waals surface area contributed by atoms with Gasteiger partial charge in [0.25, 0.3) is 5.91 Å². The molecule has 3 N–H and O–H groups in total. The maximum absolute atomic E-state index is 13.4. The summed E-state index contributed by atoms with van der Waals surface area (Å²) in [7, 11) is -2.53. The van der Waals surface area contributed by atoms with E-state index in [1.54, 1.807) is 0 Å². The normalized spacial score (nSPS) is 21.5. The van der Waals surface area contributed by atoms with Gasteiger partial charge in [-0.15, -0.1) is 0 Å². The molecule has 1 fully saturated rings. The zero-order valence-electron chi connectivity index (χ0n) is 17.1. The number of nitrogens with one attached hydrogen (secondary N) is 3. The minimum atomic E-state index is -3.97. The van der Waals surface area contributed by atoms with Gasteiger partial charge < -0.3 is 19.9 Å². The number of carbonyl (C=O) groups is 1. The summed E-state index contributed by atoms with van der Waals surface area (Å²) in [6, 6.07) is 0.907. The van der Waals surface area contributed by atoms with Crippen LogP contribution in [-0.2, 0) is 17.1 Å². The number of anilines is 1. The third kappa shape index (κ3) is 4.41. The van der Waals surface area contributed by atoms with Gasteiger partial charge in [-0.25, -0.2) is 26.3 Å². The average molecular weight is 460 g/mol.